The van der Waals surface area contributed by atoms with Crippen molar-refractivity contribution in [1.82, 2.24) is 14.5 Å². The van der Waals surface area contributed by atoms with Crippen LogP contribution in [0.5, 0.6) is 0 Å². The minimum atomic E-state index is -0.354. The lowest BCUT2D eigenvalue weighted by Crippen LogP contribution is -2.30. The van der Waals surface area contributed by atoms with Crippen LogP contribution in [0.3, 0.4) is 0 Å². The summed E-state index contributed by atoms with van der Waals surface area (Å²) in [5.41, 5.74) is 4.85. The molecular formula is C22H29N3OS. The maximum atomic E-state index is 9.97. The number of nitrogens with zero attached hydrogens (tertiary/aromatic N) is 3. The quantitative estimate of drug-likeness (QED) is 0.651. The maximum absolute atomic E-state index is 9.97. The van der Waals surface area contributed by atoms with Crippen LogP contribution in [0.2, 0.25) is 0 Å². The molecule has 1 atom stereocenters. The topological polar surface area (TPSA) is 41.3 Å². The van der Waals surface area contributed by atoms with Crippen molar-refractivity contribution in [3.05, 3.63) is 68.8 Å². The molecule has 0 unspecified atom stereocenters. The van der Waals surface area contributed by atoms with Gasteiger partial charge in [-0.05, 0) is 70.0 Å². The van der Waals surface area contributed by atoms with Gasteiger partial charge in [-0.15, -0.1) is 11.3 Å². The molecule has 1 N–H and O–H groups in total. The number of pyridine rings is 1. The predicted molar refractivity (Wildman–Crippen MR) is 113 cm³/mol. The van der Waals surface area contributed by atoms with Crippen molar-refractivity contribution in [3.8, 4) is 5.82 Å². The van der Waals surface area contributed by atoms with E-state index in [2.05, 4.69) is 66.4 Å². The number of aromatic nitrogens is 2. The highest BCUT2D eigenvalue weighted by Gasteiger charge is 2.17. The van der Waals surface area contributed by atoms with Gasteiger partial charge in [0.05, 0.1) is 6.10 Å². The lowest BCUT2D eigenvalue weighted by Gasteiger charge is -2.23. The van der Waals surface area contributed by atoms with Gasteiger partial charge in [0, 0.05) is 47.0 Å². The molecule has 4 nitrogen and oxygen atoms in total. The molecule has 0 bridgehead atoms. The molecule has 0 fully saturated rings. The van der Waals surface area contributed by atoms with Crippen LogP contribution in [0.15, 0.2) is 36.5 Å². The van der Waals surface area contributed by atoms with Crippen molar-refractivity contribution < 1.29 is 5.11 Å². The SMILES string of the molecule is Cc1ccc(CN(Cc2cc(C)n(-c3ncccc3C)c2C)C[C@@H](C)O)s1. The van der Waals surface area contributed by atoms with Crippen LogP contribution < -0.4 is 0 Å². The second-order valence-corrected chi connectivity index (χ2v) is 8.78. The molecule has 144 valence electrons. The summed E-state index contributed by atoms with van der Waals surface area (Å²) in [6, 6.07) is 10.7. The first-order chi connectivity index (χ1) is 12.8. The van der Waals surface area contributed by atoms with Crippen molar-refractivity contribution >= 4 is 11.3 Å². The van der Waals surface area contributed by atoms with E-state index in [1.54, 1.807) is 0 Å². The van der Waals surface area contributed by atoms with Crippen LogP contribution in [0.1, 0.15) is 39.2 Å². The molecule has 3 aromatic heterocycles. The first-order valence-corrected chi connectivity index (χ1v) is 10.2. The Morgan fingerprint density at radius 3 is 2.56 bits per heavy atom. The molecule has 0 aromatic carbocycles. The van der Waals surface area contributed by atoms with Gasteiger partial charge in [0.2, 0.25) is 0 Å². The Labute approximate surface area is 166 Å². The molecule has 3 aromatic rings. The monoisotopic (exact) mass is 383 g/mol. The zero-order valence-electron chi connectivity index (χ0n) is 16.9. The molecule has 0 saturated carbocycles. The molecule has 0 aliphatic carbocycles. The summed E-state index contributed by atoms with van der Waals surface area (Å²) in [6.07, 6.45) is 1.49. The van der Waals surface area contributed by atoms with Crippen LogP contribution in [-0.4, -0.2) is 32.2 Å². The molecular weight excluding hydrogens is 354 g/mol. The summed E-state index contributed by atoms with van der Waals surface area (Å²) in [4.78, 5) is 9.58. The number of aryl methyl sites for hydroxylation is 3. The Morgan fingerprint density at radius 2 is 1.93 bits per heavy atom. The average Bonchev–Trinajstić information content (AvgIpc) is 3.11. The number of aliphatic hydroxyl groups excluding tert-OH is 1. The molecule has 27 heavy (non-hydrogen) atoms. The highest BCUT2D eigenvalue weighted by molar-refractivity contribution is 7.11. The fourth-order valence-electron chi connectivity index (χ4n) is 3.62. The lowest BCUT2D eigenvalue weighted by atomic mass is 10.2. The van der Waals surface area contributed by atoms with Crippen molar-refractivity contribution in [1.29, 1.82) is 0 Å². The molecule has 0 spiro atoms. The third kappa shape index (κ3) is 4.67. The van der Waals surface area contributed by atoms with Crippen molar-refractivity contribution in [2.45, 2.75) is 53.8 Å². The summed E-state index contributed by atoms with van der Waals surface area (Å²) in [6.45, 7) is 12.7. The largest absolute Gasteiger partial charge is 0.392 e. The van der Waals surface area contributed by atoms with E-state index in [1.165, 1.54) is 32.3 Å². The third-order valence-corrected chi connectivity index (χ3v) is 5.81. The Morgan fingerprint density at radius 1 is 1.15 bits per heavy atom. The standard InChI is InChI=1S/C22H29N3OS/c1-15-7-6-10-23-22(15)25-16(2)11-20(19(25)5)13-24(12-17(3)26)14-21-9-8-18(4)27-21/h6-11,17,26H,12-14H2,1-5H3/t17-/m1/s1. The highest BCUT2D eigenvalue weighted by atomic mass is 32.1. The van der Waals surface area contributed by atoms with Crippen LogP contribution in [-0.2, 0) is 13.1 Å². The van der Waals surface area contributed by atoms with Crippen molar-refractivity contribution in [3.63, 3.8) is 0 Å². The Balaban J connectivity index is 1.88. The fraction of sp³-hybridized carbons (Fsp3) is 0.409. The number of aliphatic hydroxyl groups is 1. The molecule has 0 radical (unpaired) electrons. The van der Waals surface area contributed by atoms with Gasteiger partial charge in [0.25, 0.3) is 0 Å². The molecule has 0 aliphatic rings. The van der Waals surface area contributed by atoms with Gasteiger partial charge in [-0.3, -0.25) is 4.90 Å². The highest BCUT2D eigenvalue weighted by Crippen LogP contribution is 2.24. The van der Waals surface area contributed by atoms with Gasteiger partial charge in [0.1, 0.15) is 5.82 Å². The maximum Gasteiger partial charge on any atom is 0.139 e. The molecule has 0 aliphatic heterocycles. The van der Waals surface area contributed by atoms with Crippen molar-refractivity contribution in [2.24, 2.45) is 0 Å². The minimum Gasteiger partial charge on any atom is -0.392 e. The Kier molecular flexibility index (Phi) is 6.15. The zero-order valence-corrected chi connectivity index (χ0v) is 17.7. The molecule has 0 saturated heterocycles. The van der Waals surface area contributed by atoms with Crippen LogP contribution >= 0.6 is 11.3 Å². The minimum absolute atomic E-state index is 0.354. The van der Waals surface area contributed by atoms with E-state index in [-0.39, 0.29) is 6.10 Å². The number of thiophene rings is 1. The van der Waals surface area contributed by atoms with E-state index in [0.717, 1.165) is 18.9 Å². The molecule has 5 heteroatoms. The summed E-state index contributed by atoms with van der Waals surface area (Å²) in [7, 11) is 0. The lowest BCUT2D eigenvalue weighted by molar-refractivity contribution is 0.118. The number of hydrogen-bond acceptors (Lipinski definition) is 4. The van der Waals surface area contributed by atoms with E-state index < -0.39 is 0 Å². The zero-order chi connectivity index (χ0) is 19.6. The second-order valence-electron chi connectivity index (χ2n) is 7.41. The van der Waals surface area contributed by atoms with E-state index >= 15 is 0 Å². The third-order valence-electron chi connectivity index (χ3n) is 4.82. The first-order valence-electron chi connectivity index (χ1n) is 9.40. The van der Waals surface area contributed by atoms with E-state index in [9.17, 15) is 5.11 Å². The normalized spacial score (nSPS) is 12.7. The van der Waals surface area contributed by atoms with Crippen molar-refractivity contribution in [2.75, 3.05) is 6.54 Å². The van der Waals surface area contributed by atoms with E-state index in [0.29, 0.717) is 6.54 Å². The first kappa shape index (κ1) is 19.8. The Bertz CT molecular complexity index is 910. The second kappa shape index (κ2) is 8.38. The van der Waals surface area contributed by atoms with Gasteiger partial charge in [-0.25, -0.2) is 4.98 Å². The molecule has 0 amide bonds. The summed E-state index contributed by atoms with van der Waals surface area (Å²) in [5.74, 6) is 0.995. The van der Waals surface area contributed by atoms with Crippen LogP contribution in [0, 0.1) is 27.7 Å². The number of rotatable bonds is 7. The van der Waals surface area contributed by atoms with Crippen LogP contribution in [0.4, 0.5) is 0 Å². The van der Waals surface area contributed by atoms with Gasteiger partial charge >= 0.3 is 0 Å². The smallest absolute Gasteiger partial charge is 0.139 e. The Hall–Kier alpha value is -1.95. The fourth-order valence-corrected chi connectivity index (χ4v) is 4.55. The summed E-state index contributed by atoms with van der Waals surface area (Å²) >= 11 is 1.83. The van der Waals surface area contributed by atoms with Gasteiger partial charge in [-0.2, -0.15) is 0 Å². The number of hydrogen-bond donors (Lipinski definition) is 1. The van der Waals surface area contributed by atoms with Gasteiger partial charge in [0.15, 0.2) is 0 Å². The summed E-state index contributed by atoms with van der Waals surface area (Å²) < 4.78 is 2.24. The predicted octanol–water partition coefficient (Wildman–Crippen LogP) is 4.55. The average molecular weight is 384 g/mol. The van der Waals surface area contributed by atoms with E-state index in [1.807, 2.05) is 30.5 Å². The van der Waals surface area contributed by atoms with Gasteiger partial charge in [-0.1, -0.05) is 6.07 Å². The van der Waals surface area contributed by atoms with Crippen LogP contribution in [0.25, 0.3) is 5.82 Å². The molecule has 3 heterocycles. The summed E-state index contributed by atoms with van der Waals surface area (Å²) in [5, 5.41) is 9.97. The molecule has 3 rings (SSSR count). The van der Waals surface area contributed by atoms with E-state index in [4.69, 9.17) is 0 Å². The van der Waals surface area contributed by atoms with Gasteiger partial charge < -0.3 is 9.67 Å².